The molecule has 0 amide bonds. The Kier molecular flexibility index (Phi) is 3.10. The Morgan fingerprint density at radius 1 is 1.60 bits per heavy atom. The van der Waals surface area contributed by atoms with Gasteiger partial charge in [-0.05, 0) is 25.2 Å². The van der Waals surface area contributed by atoms with Crippen LogP contribution in [0.3, 0.4) is 0 Å². The second kappa shape index (κ2) is 4.35. The molecule has 0 aliphatic heterocycles. The molecule has 1 saturated carbocycles. The molecule has 3 atom stereocenters. The van der Waals surface area contributed by atoms with E-state index in [0.717, 1.165) is 18.8 Å². The molecule has 1 aliphatic rings. The zero-order chi connectivity index (χ0) is 10.8. The number of rotatable bonds is 3. The summed E-state index contributed by atoms with van der Waals surface area (Å²) >= 11 is 0. The number of hydrogen-bond donors (Lipinski definition) is 1. The molecule has 2 rings (SSSR count). The number of aromatic nitrogens is 2. The Morgan fingerprint density at radius 3 is 3.00 bits per heavy atom. The predicted molar refractivity (Wildman–Crippen MR) is 59.4 cm³/mol. The minimum Gasteiger partial charge on any atom is -0.385 e. The molecule has 1 aromatic rings. The minimum atomic E-state index is -0.377. The van der Waals surface area contributed by atoms with Crippen LogP contribution in [0.5, 0.6) is 0 Å². The first-order valence-electron chi connectivity index (χ1n) is 5.93. The third-order valence-electron chi connectivity index (χ3n) is 3.69. The SMILES string of the molecule is CCn1ccnc1C(O)C1CCCC1C. The summed E-state index contributed by atoms with van der Waals surface area (Å²) in [5.41, 5.74) is 0. The topological polar surface area (TPSA) is 38.0 Å². The second-order valence-electron chi connectivity index (χ2n) is 4.59. The highest BCUT2D eigenvalue weighted by Gasteiger charge is 2.32. The smallest absolute Gasteiger partial charge is 0.137 e. The van der Waals surface area contributed by atoms with Crippen LogP contribution in [-0.2, 0) is 6.54 Å². The summed E-state index contributed by atoms with van der Waals surface area (Å²) < 4.78 is 2.04. The van der Waals surface area contributed by atoms with Crippen molar-refractivity contribution in [1.29, 1.82) is 0 Å². The van der Waals surface area contributed by atoms with Crippen molar-refractivity contribution in [2.75, 3.05) is 0 Å². The van der Waals surface area contributed by atoms with E-state index in [1.807, 2.05) is 10.8 Å². The van der Waals surface area contributed by atoms with E-state index in [-0.39, 0.29) is 6.10 Å². The van der Waals surface area contributed by atoms with Gasteiger partial charge in [-0.15, -0.1) is 0 Å². The Labute approximate surface area is 91.1 Å². The predicted octanol–water partition coefficient (Wildman–Crippen LogP) is 2.37. The third kappa shape index (κ3) is 1.93. The summed E-state index contributed by atoms with van der Waals surface area (Å²) in [6, 6.07) is 0. The summed E-state index contributed by atoms with van der Waals surface area (Å²) in [6.45, 7) is 5.20. The molecule has 3 unspecified atom stereocenters. The van der Waals surface area contributed by atoms with Crippen molar-refractivity contribution in [2.24, 2.45) is 11.8 Å². The molecule has 1 aliphatic carbocycles. The highest BCUT2D eigenvalue weighted by molar-refractivity contribution is 5.00. The molecule has 0 spiro atoms. The van der Waals surface area contributed by atoms with Crippen LogP contribution in [-0.4, -0.2) is 14.7 Å². The average molecular weight is 208 g/mol. The first kappa shape index (κ1) is 10.7. The lowest BCUT2D eigenvalue weighted by Crippen LogP contribution is -2.19. The lowest BCUT2D eigenvalue weighted by Gasteiger charge is -2.22. The molecule has 1 heterocycles. The van der Waals surface area contributed by atoms with Crippen LogP contribution in [0.2, 0.25) is 0 Å². The molecular formula is C12H20N2O. The van der Waals surface area contributed by atoms with E-state index in [1.54, 1.807) is 6.20 Å². The molecule has 15 heavy (non-hydrogen) atoms. The first-order valence-corrected chi connectivity index (χ1v) is 5.93. The van der Waals surface area contributed by atoms with Crippen LogP contribution in [0.25, 0.3) is 0 Å². The van der Waals surface area contributed by atoms with Gasteiger partial charge in [0.2, 0.25) is 0 Å². The quantitative estimate of drug-likeness (QED) is 0.828. The number of aliphatic hydroxyl groups is 1. The average Bonchev–Trinajstić information content (AvgIpc) is 2.84. The first-order chi connectivity index (χ1) is 7.24. The van der Waals surface area contributed by atoms with Crippen LogP contribution in [0, 0.1) is 11.8 Å². The van der Waals surface area contributed by atoms with Gasteiger partial charge in [0, 0.05) is 18.9 Å². The maximum Gasteiger partial charge on any atom is 0.137 e. The molecule has 0 bridgehead atoms. The molecule has 3 heteroatoms. The van der Waals surface area contributed by atoms with Crippen LogP contribution in [0.4, 0.5) is 0 Å². The molecule has 1 aromatic heterocycles. The van der Waals surface area contributed by atoms with Gasteiger partial charge in [0.25, 0.3) is 0 Å². The monoisotopic (exact) mass is 208 g/mol. The number of imidazole rings is 1. The van der Waals surface area contributed by atoms with Gasteiger partial charge in [-0.3, -0.25) is 0 Å². The van der Waals surface area contributed by atoms with Crippen molar-refractivity contribution in [2.45, 2.75) is 45.8 Å². The molecular weight excluding hydrogens is 188 g/mol. The van der Waals surface area contributed by atoms with Crippen LogP contribution in [0.1, 0.15) is 45.0 Å². The fourth-order valence-corrected chi connectivity index (χ4v) is 2.69. The van der Waals surface area contributed by atoms with Gasteiger partial charge in [0.05, 0.1) is 0 Å². The van der Waals surface area contributed by atoms with Crippen molar-refractivity contribution in [1.82, 2.24) is 9.55 Å². The highest BCUT2D eigenvalue weighted by atomic mass is 16.3. The Hall–Kier alpha value is -0.830. The van der Waals surface area contributed by atoms with Gasteiger partial charge in [-0.25, -0.2) is 4.98 Å². The minimum absolute atomic E-state index is 0.377. The summed E-state index contributed by atoms with van der Waals surface area (Å²) in [6.07, 6.45) is 6.97. The van der Waals surface area contributed by atoms with Crippen molar-refractivity contribution in [3.8, 4) is 0 Å². The van der Waals surface area contributed by atoms with E-state index >= 15 is 0 Å². The lowest BCUT2D eigenvalue weighted by atomic mass is 9.92. The summed E-state index contributed by atoms with van der Waals surface area (Å²) in [4.78, 5) is 4.28. The molecule has 1 fully saturated rings. The standard InChI is InChI=1S/C12H20N2O/c1-3-14-8-7-13-12(14)11(15)10-6-4-5-9(10)2/h7-11,15H,3-6H2,1-2H3. The van der Waals surface area contributed by atoms with E-state index in [0.29, 0.717) is 11.8 Å². The van der Waals surface area contributed by atoms with Crippen molar-refractivity contribution in [3.05, 3.63) is 18.2 Å². The van der Waals surface area contributed by atoms with E-state index in [4.69, 9.17) is 0 Å². The molecule has 1 N–H and O–H groups in total. The van der Waals surface area contributed by atoms with Gasteiger partial charge in [-0.2, -0.15) is 0 Å². The molecule has 0 aromatic carbocycles. The van der Waals surface area contributed by atoms with E-state index in [2.05, 4.69) is 18.8 Å². The third-order valence-corrected chi connectivity index (χ3v) is 3.69. The zero-order valence-corrected chi connectivity index (χ0v) is 9.56. The largest absolute Gasteiger partial charge is 0.385 e. The van der Waals surface area contributed by atoms with E-state index in [9.17, 15) is 5.11 Å². The highest BCUT2D eigenvalue weighted by Crippen LogP contribution is 2.39. The fourth-order valence-electron chi connectivity index (χ4n) is 2.69. The van der Waals surface area contributed by atoms with E-state index < -0.39 is 0 Å². The van der Waals surface area contributed by atoms with Gasteiger partial charge < -0.3 is 9.67 Å². The van der Waals surface area contributed by atoms with Gasteiger partial charge in [0.1, 0.15) is 11.9 Å². The number of aliphatic hydroxyl groups excluding tert-OH is 1. The number of hydrogen-bond acceptors (Lipinski definition) is 2. The van der Waals surface area contributed by atoms with Crippen molar-refractivity contribution in [3.63, 3.8) is 0 Å². The Morgan fingerprint density at radius 2 is 2.40 bits per heavy atom. The van der Waals surface area contributed by atoms with Gasteiger partial charge >= 0.3 is 0 Å². The van der Waals surface area contributed by atoms with Gasteiger partial charge in [0.15, 0.2) is 0 Å². The summed E-state index contributed by atoms with van der Waals surface area (Å²) in [5, 5.41) is 10.3. The maximum atomic E-state index is 10.3. The van der Waals surface area contributed by atoms with Crippen molar-refractivity contribution < 1.29 is 5.11 Å². The molecule has 84 valence electrons. The molecule has 3 nitrogen and oxygen atoms in total. The molecule has 0 saturated heterocycles. The number of aryl methyl sites for hydroxylation is 1. The Bertz CT molecular complexity index is 321. The second-order valence-corrected chi connectivity index (χ2v) is 4.59. The lowest BCUT2D eigenvalue weighted by molar-refractivity contribution is 0.0788. The molecule has 0 radical (unpaired) electrons. The van der Waals surface area contributed by atoms with Crippen LogP contribution in [0.15, 0.2) is 12.4 Å². The number of nitrogens with zero attached hydrogens (tertiary/aromatic N) is 2. The van der Waals surface area contributed by atoms with E-state index in [1.165, 1.54) is 12.8 Å². The maximum absolute atomic E-state index is 10.3. The summed E-state index contributed by atoms with van der Waals surface area (Å²) in [5.74, 6) is 1.87. The fraction of sp³-hybridized carbons (Fsp3) is 0.750. The van der Waals surface area contributed by atoms with Crippen molar-refractivity contribution >= 4 is 0 Å². The summed E-state index contributed by atoms with van der Waals surface area (Å²) in [7, 11) is 0. The van der Waals surface area contributed by atoms with Gasteiger partial charge in [-0.1, -0.05) is 19.8 Å². The van der Waals surface area contributed by atoms with Crippen LogP contribution >= 0.6 is 0 Å². The Balaban J connectivity index is 2.16. The normalized spacial score (nSPS) is 28.2. The van der Waals surface area contributed by atoms with Crippen LogP contribution < -0.4 is 0 Å². The zero-order valence-electron chi connectivity index (χ0n) is 9.56.